The zero-order chi connectivity index (χ0) is 16.9. The number of fused-ring (bicyclic) bond motifs is 1. The number of guanidine groups is 1. The van der Waals surface area contributed by atoms with Crippen LogP contribution in [0.5, 0.6) is 0 Å². The summed E-state index contributed by atoms with van der Waals surface area (Å²) < 4.78 is 0. The van der Waals surface area contributed by atoms with E-state index in [1.165, 1.54) is 38.8 Å². The lowest BCUT2D eigenvalue weighted by Crippen LogP contribution is -2.43. The molecule has 2 heterocycles. The number of hydrogen-bond donors (Lipinski definition) is 1. The number of rotatable bonds is 5. The third-order valence-electron chi connectivity index (χ3n) is 6.27. The van der Waals surface area contributed by atoms with Gasteiger partial charge in [0.1, 0.15) is 0 Å². The molecule has 3 fully saturated rings. The number of nitrogens with one attached hydrogen (secondary N) is 1. The van der Waals surface area contributed by atoms with Crippen LogP contribution < -0.4 is 5.32 Å². The van der Waals surface area contributed by atoms with Gasteiger partial charge in [-0.3, -0.25) is 9.79 Å². The number of amides is 1. The van der Waals surface area contributed by atoms with E-state index in [1.54, 1.807) is 0 Å². The average molecular weight is 335 g/mol. The fraction of sp³-hybridized carbons (Fsp3) is 0.895. The van der Waals surface area contributed by atoms with E-state index in [2.05, 4.69) is 27.0 Å². The lowest BCUT2D eigenvalue weighted by Gasteiger charge is -2.28. The molecule has 0 aromatic carbocycles. The molecule has 1 amide bonds. The van der Waals surface area contributed by atoms with Crippen LogP contribution in [0.1, 0.15) is 58.3 Å². The normalized spacial score (nSPS) is 29.1. The van der Waals surface area contributed by atoms with Crippen LogP contribution in [0.15, 0.2) is 4.99 Å². The van der Waals surface area contributed by atoms with Crippen molar-refractivity contribution in [3.8, 4) is 0 Å². The highest BCUT2D eigenvalue weighted by Crippen LogP contribution is 2.35. The van der Waals surface area contributed by atoms with Gasteiger partial charge in [0.2, 0.25) is 5.91 Å². The molecule has 136 valence electrons. The molecule has 1 N–H and O–H groups in total. The van der Waals surface area contributed by atoms with Gasteiger partial charge in [0.05, 0.1) is 0 Å². The van der Waals surface area contributed by atoms with E-state index in [0.29, 0.717) is 11.9 Å². The number of carbonyl (C=O) groups excluding carboxylic acids is 1. The van der Waals surface area contributed by atoms with E-state index in [4.69, 9.17) is 0 Å². The Morgan fingerprint density at radius 3 is 2.50 bits per heavy atom. The molecule has 5 heteroatoms. The number of likely N-dealkylation sites (tertiary alicyclic amines) is 2. The minimum atomic E-state index is 0.342. The fourth-order valence-corrected chi connectivity index (χ4v) is 4.90. The van der Waals surface area contributed by atoms with Crippen LogP contribution in [0.2, 0.25) is 0 Å². The maximum Gasteiger partial charge on any atom is 0.222 e. The van der Waals surface area contributed by atoms with Crippen molar-refractivity contribution in [3.63, 3.8) is 0 Å². The smallest absolute Gasteiger partial charge is 0.222 e. The molecule has 1 saturated carbocycles. The first kappa shape index (κ1) is 17.6. The van der Waals surface area contributed by atoms with E-state index in [0.717, 1.165) is 56.6 Å². The van der Waals surface area contributed by atoms with E-state index in [-0.39, 0.29) is 0 Å². The van der Waals surface area contributed by atoms with E-state index in [9.17, 15) is 4.79 Å². The van der Waals surface area contributed by atoms with Gasteiger partial charge in [0.25, 0.3) is 0 Å². The van der Waals surface area contributed by atoms with Crippen molar-refractivity contribution in [3.05, 3.63) is 0 Å². The summed E-state index contributed by atoms with van der Waals surface area (Å²) in [6.45, 7) is 6.39. The fourth-order valence-electron chi connectivity index (χ4n) is 4.90. The molecule has 24 heavy (non-hydrogen) atoms. The van der Waals surface area contributed by atoms with Crippen LogP contribution in [-0.4, -0.2) is 60.9 Å². The first-order chi connectivity index (χ1) is 11.7. The molecule has 0 aromatic heterocycles. The van der Waals surface area contributed by atoms with Gasteiger partial charge in [-0.1, -0.05) is 19.8 Å². The van der Waals surface area contributed by atoms with Crippen LogP contribution in [0.4, 0.5) is 0 Å². The zero-order valence-corrected chi connectivity index (χ0v) is 15.5. The zero-order valence-electron chi connectivity index (χ0n) is 15.5. The minimum absolute atomic E-state index is 0.342. The summed E-state index contributed by atoms with van der Waals surface area (Å²) >= 11 is 0. The molecular weight excluding hydrogens is 300 g/mol. The molecule has 3 rings (SSSR count). The lowest BCUT2D eigenvalue weighted by molar-refractivity contribution is -0.129. The average Bonchev–Trinajstić information content (AvgIpc) is 3.21. The van der Waals surface area contributed by atoms with Gasteiger partial charge in [-0.25, -0.2) is 0 Å². The maximum atomic E-state index is 12.0. The van der Waals surface area contributed by atoms with Crippen LogP contribution in [0.3, 0.4) is 0 Å². The highest BCUT2D eigenvalue weighted by atomic mass is 16.2. The van der Waals surface area contributed by atoms with Crippen LogP contribution in [-0.2, 0) is 4.79 Å². The van der Waals surface area contributed by atoms with E-state index in [1.807, 2.05) is 7.05 Å². The number of hydrogen-bond acceptors (Lipinski definition) is 2. The molecule has 0 radical (unpaired) electrons. The van der Waals surface area contributed by atoms with E-state index < -0.39 is 0 Å². The Kier molecular flexibility index (Phi) is 6.01. The Morgan fingerprint density at radius 1 is 1.25 bits per heavy atom. The second-order valence-electron chi connectivity index (χ2n) is 7.73. The second-order valence-corrected chi connectivity index (χ2v) is 7.73. The topological polar surface area (TPSA) is 47.9 Å². The van der Waals surface area contributed by atoms with Crippen molar-refractivity contribution in [1.29, 1.82) is 0 Å². The first-order valence-electron chi connectivity index (χ1n) is 9.98. The van der Waals surface area contributed by atoms with Crippen LogP contribution in [0.25, 0.3) is 0 Å². The summed E-state index contributed by atoms with van der Waals surface area (Å²) in [6, 6.07) is 0.381. The molecule has 0 aromatic rings. The third-order valence-corrected chi connectivity index (χ3v) is 6.27. The van der Waals surface area contributed by atoms with Gasteiger partial charge in [-0.2, -0.15) is 0 Å². The molecule has 2 saturated heterocycles. The summed E-state index contributed by atoms with van der Waals surface area (Å²) in [5.41, 5.74) is 0. The largest absolute Gasteiger partial charge is 0.356 e. The van der Waals surface area contributed by atoms with Crippen molar-refractivity contribution in [2.45, 2.75) is 64.3 Å². The molecule has 3 atom stereocenters. The van der Waals surface area contributed by atoms with Crippen molar-refractivity contribution < 1.29 is 4.79 Å². The number of carbonyl (C=O) groups is 1. The Balaban J connectivity index is 1.47. The van der Waals surface area contributed by atoms with Crippen LogP contribution >= 0.6 is 0 Å². The quantitative estimate of drug-likeness (QED) is 0.621. The first-order valence-corrected chi connectivity index (χ1v) is 9.98. The van der Waals surface area contributed by atoms with Crippen molar-refractivity contribution in [2.75, 3.05) is 33.2 Å². The molecule has 5 nitrogen and oxygen atoms in total. The predicted molar refractivity (Wildman–Crippen MR) is 98.0 cm³/mol. The number of nitrogens with zero attached hydrogens (tertiary/aromatic N) is 3. The summed E-state index contributed by atoms with van der Waals surface area (Å²) in [6.07, 6.45) is 9.43. The second kappa shape index (κ2) is 8.21. The third kappa shape index (κ3) is 3.86. The maximum absolute atomic E-state index is 12.0. The van der Waals surface area contributed by atoms with E-state index >= 15 is 0 Å². The molecule has 0 bridgehead atoms. The minimum Gasteiger partial charge on any atom is -0.356 e. The predicted octanol–water partition coefficient (Wildman–Crippen LogP) is 2.47. The molecule has 0 spiro atoms. The molecule has 3 unspecified atom stereocenters. The summed E-state index contributed by atoms with van der Waals surface area (Å²) in [5, 5.41) is 3.56. The van der Waals surface area contributed by atoms with Crippen molar-refractivity contribution in [2.24, 2.45) is 16.8 Å². The SMILES string of the molecule is CCC(CCNC(=NC)N1CC2CCCCC2C1)N1CCCC1=O. The summed E-state index contributed by atoms with van der Waals surface area (Å²) in [4.78, 5) is 21.0. The monoisotopic (exact) mass is 334 g/mol. The highest BCUT2D eigenvalue weighted by molar-refractivity contribution is 5.80. The Bertz CT molecular complexity index is 450. The molecule has 2 aliphatic heterocycles. The Morgan fingerprint density at radius 2 is 1.96 bits per heavy atom. The summed E-state index contributed by atoms with van der Waals surface area (Å²) in [5.74, 6) is 3.16. The molecule has 3 aliphatic rings. The van der Waals surface area contributed by atoms with Gasteiger partial charge in [0, 0.05) is 45.7 Å². The Hall–Kier alpha value is -1.26. The number of aliphatic imine (C=N–C) groups is 1. The molecular formula is C19H34N4O. The summed E-state index contributed by atoms with van der Waals surface area (Å²) in [7, 11) is 1.89. The van der Waals surface area contributed by atoms with Crippen molar-refractivity contribution >= 4 is 11.9 Å². The van der Waals surface area contributed by atoms with Gasteiger partial charge in [-0.05, 0) is 43.9 Å². The Labute approximate surface area is 146 Å². The molecule has 1 aliphatic carbocycles. The standard InChI is InChI=1S/C19H34N4O/c1-3-17(23-12-6-9-18(23)24)10-11-21-19(20-2)22-13-15-7-4-5-8-16(15)14-22/h15-17H,3-14H2,1-2H3,(H,20,21). The van der Waals surface area contributed by atoms with Crippen molar-refractivity contribution in [1.82, 2.24) is 15.1 Å². The van der Waals surface area contributed by atoms with Gasteiger partial charge < -0.3 is 15.1 Å². The van der Waals surface area contributed by atoms with Gasteiger partial charge in [0.15, 0.2) is 5.96 Å². The van der Waals surface area contributed by atoms with Gasteiger partial charge in [-0.15, -0.1) is 0 Å². The highest BCUT2D eigenvalue weighted by Gasteiger charge is 2.35. The van der Waals surface area contributed by atoms with Crippen LogP contribution in [0, 0.1) is 11.8 Å². The lowest BCUT2D eigenvalue weighted by atomic mass is 9.82. The van der Waals surface area contributed by atoms with Gasteiger partial charge >= 0.3 is 0 Å².